The van der Waals surface area contributed by atoms with Crippen LogP contribution in [0, 0.1) is 5.92 Å². The maximum atomic E-state index is 12.4. The van der Waals surface area contributed by atoms with E-state index in [4.69, 9.17) is 4.74 Å². The van der Waals surface area contributed by atoms with Gasteiger partial charge in [-0.05, 0) is 42.5 Å². The second kappa shape index (κ2) is 8.68. The number of hydrogen-bond donors (Lipinski definition) is 1. The SMILES string of the molecule is COc1ccc(/C=C/C(=O)N[C@H]2CCCC[C@@H]2C)cc1S(=O)(=O)N(C)C. The molecular weight excluding hydrogens is 352 g/mol. The molecule has 0 aromatic heterocycles. The van der Waals surface area contributed by atoms with E-state index in [1.807, 2.05) is 0 Å². The zero-order valence-corrected chi connectivity index (χ0v) is 16.7. The number of methoxy groups -OCH3 is 1. The van der Waals surface area contributed by atoms with Crippen LogP contribution in [0.2, 0.25) is 0 Å². The van der Waals surface area contributed by atoms with Gasteiger partial charge in [0.2, 0.25) is 15.9 Å². The minimum atomic E-state index is -3.64. The standard InChI is InChI=1S/C19H28N2O4S/c1-14-7-5-6-8-16(14)20-19(22)12-10-15-9-11-17(25-4)18(13-15)26(23,24)21(2)3/h9-14,16H,5-8H2,1-4H3,(H,20,22)/b12-10+/t14-,16-/m0/s1. The highest BCUT2D eigenvalue weighted by Gasteiger charge is 2.23. The lowest BCUT2D eigenvalue weighted by Crippen LogP contribution is -2.40. The van der Waals surface area contributed by atoms with E-state index in [-0.39, 0.29) is 22.6 Å². The fraction of sp³-hybridized carbons (Fsp3) is 0.526. The molecule has 1 aliphatic rings. The molecule has 1 saturated carbocycles. The van der Waals surface area contributed by atoms with Gasteiger partial charge in [-0.15, -0.1) is 0 Å². The summed E-state index contributed by atoms with van der Waals surface area (Å²) in [5.41, 5.74) is 0.623. The lowest BCUT2D eigenvalue weighted by molar-refractivity contribution is -0.117. The van der Waals surface area contributed by atoms with Gasteiger partial charge in [0.15, 0.2) is 0 Å². The van der Waals surface area contributed by atoms with Gasteiger partial charge < -0.3 is 10.1 Å². The molecule has 1 fully saturated rings. The Balaban J connectivity index is 2.16. The zero-order chi connectivity index (χ0) is 19.3. The minimum Gasteiger partial charge on any atom is -0.495 e. The van der Waals surface area contributed by atoms with Crippen molar-refractivity contribution >= 4 is 22.0 Å². The Morgan fingerprint density at radius 2 is 1.96 bits per heavy atom. The molecule has 0 radical (unpaired) electrons. The van der Waals surface area contributed by atoms with E-state index < -0.39 is 10.0 Å². The molecule has 0 bridgehead atoms. The zero-order valence-electron chi connectivity index (χ0n) is 15.9. The summed E-state index contributed by atoms with van der Waals surface area (Å²) >= 11 is 0. The van der Waals surface area contributed by atoms with Crippen molar-refractivity contribution in [2.45, 2.75) is 43.5 Å². The van der Waals surface area contributed by atoms with Gasteiger partial charge >= 0.3 is 0 Å². The van der Waals surface area contributed by atoms with Crippen molar-refractivity contribution in [2.24, 2.45) is 5.92 Å². The summed E-state index contributed by atoms with van der Waals surface area (Å²) in [4.78, 5) is 12.3. The number of hydrogen-bond acceptors (Lipinski definition) is 4. The summed E-state index contributed by atoms with van der Waals surface area (Å²) < 4.78 is 31.2. The van der Waals surface area contributed by atoms with Crippen LogP contribution >= 0.6 is 0 Å². The summed E-state index contributed by atoms with van der Waals surface area (Å²) in [5.74, 6) is 0.604. The molecule has 1 aromatic rings. The molecule has 0 spiro atoms. The van der Waals surface area contributed by atoms with Gasteiger partial charge in [-0.1, -0.05) is 25.8 Å². The van der Waals surface area contributed by atoms with E-state index >= 15 is 0 Å². The normalized spacial score (nSPS) is 21.1. The Hall–Kier alpha value is -1.86. The van der Waals surface area contributed by atoms with Crippen molar-refractivity contribution < 1.29 is 17.9 Å². The first-order chi connectivity index (χ1) is 12.3. The first-order valence-electron chi connectivity index (χ1n) is 8.85. The minimum absolute atomic E-state index is 0.0773. The van der Waals surface area contributed by atoms with Gasteiger partial charge in [-0.3, -0.25) is 4.79 Å². The number of amides is 1. The van der Waals surface area contributed by atoms with Crippen molar-refractivity contribution in [1.82, 2.24) is 9.62 Å². The number of sulfonamides is 1. The molecule has 1 aliphatic carbocycles. The number of carbonyl (C=O) groups excluding carboxylic acids is 1. The van der Waals surface area contributed by atoms with E-state index in [9.17, 15) is 13.2 Å². The lowest BCUT2D eigenvalue weighted by atomic mass is 9.86. The third-order valence-electron chi connectivity index (χ3n) is 4.81. The Labute approximate surface area is 156 Å². The van der Waals surface area contributed by atoms with Crippen molar-refractivity contribution in [2.75, 3.05) is 21.2 Å². The van der Waals surface area contributed by atoms with Crippen LogP contribution in [-0.2, 0) is 14.8 Å². The number of carbonyl (C=O) groups is 1. The number of rotatable bonds is 6. The van der Waals surface area contributed by atoms with Crippen LogP contribution in [0.3, 0.4) is 0 Å². The smallest absolute Gasteiger partial charge is 0.246 e. The van der Waals surface area contributed by atoms with Gasteiger partial charge in [-0.25, -0.2) is 12.7 Å². The van der Waals surface area contributed by atoms with Crippen LogP contribution in [0.25, 0.3) is 6.08 Å². The molecule has 0 heterocycles. The summed E-state index contributed by atoms with van der Waals surface area (Å²) in [6.45, 7) is 2.16. The molecular formula is C19H28N2O4S. The molecule has 0 aliphatic heterocycles. The highest BCUT2D eigenvalue weighted by Crippen LogP contribution is 2.27. The van der Waals surface area contributed by atoms with Crippen LogP contribution in [0.15, 0.2) is 29.2 Å². The third kappa shape index (κ3) is 4.86. The second-order valence-corrected chi connectivity index (χ2v) is 9.03. The molecule has 2 atom stereocenters. The van der Waals surface area contributed by atoms with E-state index in [1.165, 1.54) is 39.8 Å². The Morgan fingerprint density at radius 1 is 1.27 bits per heavy atom. The monoisotopic (exact) mass is 380 g/mol. The summed E-state index contributed by atoms with van der Waals surface area (Å²) in [6.07, 6.45) is 7.58. The van der Waals surface area contributed by atoms with E-state index in [0.717, 1.165) is 23.6 Å². The van der Waals surface area contributed by atoms with E-state index in [1.54, 1.807) is 18.2 Å². The number of nitrogens with one attached hydrogen (secondary N) is 1. The molecule has 144 valence electrons. The lowest BCUT2D eigenvalue weighted by Gasteiger charge is -2.29. The number of ether oxygens (including phenoxy) is 1. The van der Waals surface area contributed by atoms with Crippen molar-refractivity contribution in [3.05, 3.63) is 29.8 Å². The predicted molar refractivity (Wildman–Crippen MR) is 102 cm³/mol. The number of nitrogens with zero attached hydrogens (tertiary/aromatic N) is 1. The molecule has 1 aromatic carbocycles. The molecule has 1 N–H and O–H groups in total. The average molecular weight is 381 g/mol. The first-order valence-corrected chi connectivity index (χ1v) is 10.3. The maximum absolute atomic E-state index is 12.4. The van der Waals surface area contributed by atoms with Crippen molar-refractivity contribution in [3.63, 3.8) is 0 Å². The summed E-state index contributed by atoms with van der Waals surface area (Å²) in [7, 11) is 0.729. The predicted octanol–water partition coefficient (Wildman–Crippen LogP) is 2.65. The summed E-state index contributed by atoms with van der Waals surface area (Å²) in [5, 5.41) is 3.05. The fourth-order valence-corrected chi connectivity index (χ4v) is 4.21. The van der Waals surface area contributed by atoms with Crippen LogP contribution in [0.1, 0.15) is 38.2 Å². The first kappa shape index (κ1) is 20.5. The second-order valence-electron chi connectivity index (χ2n) is 6.91. The Bertz CT molecular complexity index is 772. The average Bonchev–Trinajstić information content (AvgIpc) is 2.61. The van der Waals surface area contributed by atoms with Crippen LogP contribution in [-0.4, -0.2) is 45.9 Å². The maximum Gasteiger partial charge on any atom is 0.246 e. The third-order valence-corrected chi connectivity index (χ3v) is 6.65. The van der Waals surface area contributed by atoms with E-state index in [0.29, 0.717) is 11.5 Å². The molecule has 1 amide bonds. The van der Waals surface area contributed by atoms with Crippen molar-refractivity contribution in [1.29, 1.82) is 0 Å². The van der Waals surface area contributed by atoms with E-state index in [2.05, 4.69) is 12.2 Å². The van der Waals surface area contributed by atoms with Gasteiger partial charge in [0.1, 0.15) is 10.6 Å². The van der Waals surface area contributed by atoms with Gasteiger partial charge in [-0.2, -0.15) is 0 Å². The Morgan fingerprint density at radius 3 is 2.58 bits per heavy atom. The fourth-order valence-electron chi connectivity index (χ4n) is 3.13. The molecule has 26 heavy (non-hydrogen) atoms. The highest BCUT2D eigenvalue weighted by molar-refractivity contribution is 7.89. The van der Waals surface area contributed by atoms with Crippen LogP contribution in [0.5, 0.6) is 5.75 Å². The largest absolute Gasteiger partial charge is 0.495 e. The van der Waals surface area contributed by atoms with Gasteiger partial charge in [0.25, 0.3) is 0 Å². The Kier molecular flexibility index (Phi) is 6.83. The molecule has 0 unspecified atom stereocenters. The number of benzene rings is 1. The topological polar surface area (TPSA) is 75.7 Å². The molecule has 6 nitrogen and oxygen atoms in total. The van der Waals surface area contributed by atoms with Gasteiger partial charge in [0, 0.05) is 26.2 Å². The van der Waals surface area contributed by atoms with Crippen LogP contribution < -0.4 is 10.1 Å². The highest BCUT2D eigenvalue weighted by atomic mass is 32.2. The molecule has 7 heteroatoms. The quantitative estimate of drug-likeness (QED) is 0.770. The molecule has 2 rings (SSSR count). The summed E-state index contributed by atoms with van der Waals surface area (Å²) in [6, 6.07) is 5.04. The molecule has 0 saturated heterocycles. The van der Waals surface area contributed by atoms with Crippen LogP contribution in [0.4, 0.5) is 0 Å². The van der Waals surface area contributed by atoms with Crippen molar-refractivity contribution in [3.8, 4) is 5.75 Å². The van der Waals surface area contributed by atoms with Gasteiger partial charge in [0.05, 0.1) is 7.11 Å².